The number of Topliss-reactive ketones (excluding diaryl/α,β-unsaturated/α-hetero) is 1. The van der Waals surface area contributed by atoms with Crippen molar-refractivity contribution in [3.63, 3.8) is 0 Å². The van der Waals surface area contributed by atoms with Gasteiger partial charge in [-0.3, -0.25) is 9.59 Å². The molecular formula is C16H15NO4S2. The Kier molecular flexibility index (Phi) is 4.08. The van der Waals surface area contributed by atoms with E-state index in [1.165, 1.54) is 42.5 Å². The molecule has 120 valence electrons. The third-order valence-electron chi connectivity index (χ3n) is 3.72. The lowest BCUT2D eigenvalue weighted by atomic mass is 10.1. The number of carbonyl (C=O) groups is 2. The van der Waals surface area contributed by atoms with Gasteiger partial charge < -0.3 is 0 Å². The largest absolute Gasteiger partial charge is 0.295 e. The van der Waals surface area contributed by atoms with Crippen molar-refractivity contribution in [3.8, 4) is 0 Å². The molecule has 1 aromatic carbocycles. The zero-order valence-corrected chi connectivity index (χ0v) is 14.0. The van der Waals surface area contributed by atoms with Crippen LogP contribution in [0, 0.1) is 0 Å². The highest BCUT2D eigenvalue weighted by atomic mass is 32.2. The van der Waals surface area contributed by atoms with Crippen LogP contribution in [0.1, 0.15) is 51.3 Å². The fourth-order valence-electron chi connectivity index (χ4n) is 2.32. The van der Waals surface area contributed by atoms with Gasteiger partial charge in [-0.05, 0) is 54.8 Å². The molecule has 3 rings (SSSR count). The first-order valence-corrected chi connectivity index (χ1v) is 9.50. The van der Waals surface area contributed by atoms with Gasteiger partial charge in [0.2, 0.25) is 0 Å². The van der Waals surface area contributed by atoms with E-state index in [4.69, 9.17) is 0 Å². The maximum atomic E-state index is 12.3. The predicted molar refractivity (Wildman–Crippen MR) is 87.4 cm³/mol. The SMILES string of the molecule is CC(=O)c1ccc(S(=O)(=O)NC(=O)c2sccc2C2CC2)cc1. The van der Waals surface area contributed by atoms with Gasteiger partial charge in [-0.2, -0.15) is 0 Å². The molecular weight excluding hydrogens is 334 g/mol. The Hall–Kier alpha value is -1.99. The van der Waals surface area contributed by atoms with Crippen LogP contribution in [0.2, 0.25) is 0 Å². The standard InChI is InChI=1S/C16H15NO4S2/c1-10(18)11-4-6-13(7-5-11)23(20,21)17-16(19)15-14(8-9-22-15)12-2-3-12/h4-9,12H,2-3H2,1H3,(H,17,19). The molecule has 1 N–H and O–H groups in total. The maximum Gasteiger partial charge on any atom is 0.275 e. The molecule has 0 spiro atoms. The number of hydrogen-bond donors (Lipinski definition) is 1. The van der Waals surface area contributed by atoms with Gasteiger partial charge in [0.05, 0.1) is 9.77 Å². The average Bonchev–Trinajstić information content (AvgIpc) is 3.23. The lowest BCUT2D eigenvalue weighted by Crippen LogP contribution is -2.30. The third-order valence-corrected chi connectivity index (χ3v) is 5.99. The second-order valence-electron chi connectivity index (χ2n) is 5.49. The van der Waals surface area contributed by atoms with Gasteiger partial charge in [-0.15, -0.1) is 11.3 Å². The minimum absolute atomic E-state index is 0.0413. The van der Waals surface area contributed by atoms with E-state index in [0.29, 0.717) is 16.4 Å². The summed E-state index contributed by atoms with van der Waals surface area (Å²) >= 11 is 1.25. The summed E-state index contributed by atoms with van der Waals surface area (Å²) in [5.41, 5.74) is 1.35. The van der Waals surface area contributed by atoms with Crippen LogP contribution in [0.3, 0.4) is 0 Å². The first-order valence-electron chi connectivity index (χ1n) is 7.14. The molecule has 0 unspecified atom stereocenters. The third kappa shape index (κ3) is 3.35. The van der Waals surface area contributed by atoms with Crippen molar-refractivity contribution in [1.82, 2.24) is 4.72 Å². The fraction of sp³-hybridized carbons (Fsp3) is 0.250. The zero-order chi connectivity index (χ0) is 16.6. The molecule has 0 radical (unpaired) electrons. The van der Waals surface area contributed by atoms with Crippen molar-refractivity contribution in [1.29, 1.82) is 0 Å². The summed E-state index contributed by atoms with van der Waals surface area (Å²) in [7, 11) is -3.95. The molecule has 7 heteroatoms. The number of sulfonamides is 1. The number of carbonyl (C=O) groups excluding carboxylic acids is 2. The van der Waals surface area contributed by atoms with E-state index in [1.54, 1.807) is 5.38 Å². The van der Waals surface area contributed by atoms with E-state index in [1.807, 2.05) is 6.07 Å². The monoisotopic (exact) mass is 349 g/mol. The predicted octanol–water partition coefficient (Wildman–Crippen LogP) is 2.95. The molecule has 1 amide bonds. The Morgan fingerprint density at radius 1 is 1.13 bits per heavy atom. The van der Waals surface area contributed by atoms with Crippen molar-refractivity contribution in [3.05, 3.63) is 51.7 Å². The Balaban J connectivity index is 1.81. The minimum atomic E-state index is -3.95. The molecule has 1 fully saturated rings. The number of rotatable bonds is 5. The van der Waals surface area contributed by atoms with E-state index < -0.39 is 15.9 Å². The van der Waals surface area contributed by atoms with Crippen molar-refractivity contribution in [2.45, 2.75) is 30.6 Å². The summed E-state index contributed by atoms with van der Waals surface area (Å²) < 4.78 is 26.7. The van der Waals surface area contributed by atoms with Crippen LogP contribution in [0.5, 0.6) is 0 Å². The second kappa shape index (κ2) is 5.90. The van der Waals surface area contributed by atoms with Crippen molar-refractivity contribution in [2.24, 2.45) is 0 Å². The summed E-state index contributed by atoms with van der Waals surface area (Å²) in [6.07, 6.45) is 2.08. The number of ketones is 1. The molecule has 23 heavy (non-hydrogen) atoms. The smallest absolute Gasteiger partial charge is 0.275 e. The van der Waals surface area contributed by atoms with Crippen LogP contribution in [-0.4, -0.2) is 20.1 Å². The molecule has 1 heterocycles. The highest BCUT2D eigenvalue weighted by Crippen LogP contribution is 2.43. The van der Waals surface area contributed by atoms with E-state index in [2.05, 4.69) is 4.72 Å². The molecule has 2 aromatic rings. The van der Waals surface area contributed by atoms with Crippen LogP contribution in [-0.2, 0) is 10.0 Å². The molecule has 1 aromatic heterocycles. The first-order chi connectivity index (χ1) is 10.9. The lowest BCUT2D eigenvalue weighted by molar-refractivity contribution is 0.0981. The van der Waals surface area contributed by atoms with Crippen molar-refractivity contribution in [2.75, 3.05) is 0 Å². The fourth-order valence-corrected chi connectivity index (χ4v) is 4.22. The Morgan fingerprint density at radius 2 is 1.78 bits per heavy atom. The van der Waals surface area contributed by atoms with Gasteiger partial charge >= 0.3 is 0 Å². The topological polar surface area (TPSA) is 80.3 Å². The van der Waals surface area contributed by atoms with E-state index >= 15 is 0 Å². The summed E-state index contributed by atoms with van der Waals surface area (Å²) in [6, 6.07) is 7.39. The molecule has 0 saturated heterocycles. The molecule has 1 aliphatic carbocycles. The summed E-state index contributed by atoms with van der Waals surface area (Å²) in [5, 5.41) is 1.80. The van der Waals surface area contributed by atoms with Crippen molar-refractivity contribution >= 4 is 33.1 Å². The number of amides is 1. The van der Waals surface area contributed by atoms with E-state index in [9.17, 15) is 18.0 Å². The summed E-state index contributed by atoms with van der Waals surface area (Å²) in [6.45, 7) is 1.40. The van der Waals surface area contributed by atoms with Gasteiger partial charge in [-0.1, -0.05) is 12.1 Å². The Labute approximate surface area is 138 Å². The number of benzene rings is 1. The highest BCUT2D eigenvalue weighted by Gasteiger charge is 2.30. The van der Waals surface area contributed by atoms with Gasteiger partial charge in [0, 0.05) is 5.56 Å². The normalized spacial score (nSPS) is 14.5. The van der Waals surface area contributed by atoms with Crippen LogP contribution < -0.4 is 4.72 Å². The van der Waals surface area contributed by atoms with Crippen LogP contribution in [0.25, 0.3) is 0 Å². The minimum Gasteiger partial charge on any atom is -0.295 e. The average molecular weight is 349 g/mol. The Bertz CT molecular complexity index is 862. The summed E-state index contributed by atoms with van der Waals surface area (Å²) in [4.78, 5) is 23.9. The molecule has 5 nitrogen and oxygen atoms in total. The lowest BCUT2D eigenvalue weighted by Gasteiger charge is -2.07. The quantitative estimate of drug-likeness (QED) is 0.842. The molecule has 1 aliphatic rings. The molecule has 1 saturated carbocycles. The zero-order valence-electron chi connectivity index (χ0n) is 12.4. The van der Waals surface area contributed by atoms with Gasteiger partial charge in [0.15, 0.2) is 5.78 Å². The second-order valence-corrected chi connectivity index (χ2v) is 8.09. The van der Waals surface area contributed by atoms with E-state index in [-0.39, 0.29) is 10.7 Å². The first kappa shape index (κ1) is 15.9. The van der Waals surface area contributed by atoms with Crippen LogP contribution >= 0.6 is 11.3 Å². The molecule has 0 bridgehead atoms. The summed E-state index contributed by atoms with van der Waals surface area (Å²) in [5.74, 6) is -0.372. The van der Waals surface area contributed by atoms with Gasteiger partial charge in [-0.25, -0.2) is 13.1 Å². The van der Waals surface area contributed by atoms with E-state index in [0.717, 1.165) is 18.4 Å². The van der Waals surface area contributed by atoms with Gasteiger partial charge in [0.1, 0.15) is 0 Å². The van der Waals surface area contributed by atoms with Crippen LogP contribution in [0.4, 0.5) is 0 Å². The van der Waals surface area contributed by atoms with Crippen LogP contribution in [0.15, 0.2) is 40.6 Å². The number of thiophene rings is 1. The maximum absolute atomic E-state index is 12.3. The number of nitrogens with one attached hydrogen (secondary N) is 1. The molecule has 0 aliphatic heterocycles. The van der Waals surface area contributed by atoms with Gasteiger partial charge in [0.25, 0.3) is 15.9 Å². The Morgan fingerprint density at radius 3 is 2.35 bits per heavy atom. The van der Waals surface area contributed by atoms with Crippen molar-refractivity contribution < 1.29 is 18.0 Å². The molecule has 0 atom stereocenters. The highest BCUT2D eigenvalue weighted by molar-refractivity contribution is 7.90. The number of hydrogen-bond acceptors (Lipinski definition) is 5.